The van der Waals surface area contributed by atoms with E-state index in [1.54, 1.807) is 24.3 Å². The molecule has 5 heteroatoms. The predicted molar refractivity (Wildman–Crippen MR) is 54.7 cm³/mol. The van der Waals surface area contributed by atoms with Crippen molar-refractivity contribution in [2.24, 2.45) is 0 Å². The summed E-state index contributed by atoms with van der Waals surface area (Å²) < 4.78 is 14.3. The fourth-order valence-electron chi connectivity index (χ4n) is 1.47. The smallest absolute Gasteiger partial charge is 0.359 e. The molecule has 1 atom stereocenters. The molecule has 0 saturated heterocycles. The van der Waals surface area contributed by atoms with E-state index in [2.05, 4.69) is 0 Å². The van der Waals surface area contributed by atoms with Gasteiger partial charge in [-0.3, -0.25) is 0 Å². The molecule has 1 aromatic heterocycles. The molecule has 1 aromatic carbocycles. The fraction of sp³-hybridized carbons (Fsp3) is 0.100. The van der Waals surface area contributed by atoms with Gasteiger partial charge in [-0.2, -0.15) is 0 Å². The Morgan fingerprint density at radius 1 is 1.47 bits per heavy atom. The lowest BCUT2D eigenvalue weighted by molar-refractivity contribution is -0.146. The Bertz CT molecular complexity index is 523. The first kappa shape index (κ1) is 9.98. The van der Waals surface area contributed by atoms with E-state index in [4.69, 9.17) is 16.7 Å². The number of aliphatic carboxylic acids is 1. The Kier molecular flexibility index (Phi) is 2.36. The maximum atomic E-state index is 13.3. The van der Waals surface area contributed by atoms with Crippen LogP contribution in [0.25, 0.3) is 10.9 Å². The highest BCUT2D eigenvalue weighted by atomic mass is 35.5. The number of hydrogen-bond acceptors (Lipinski definition) is 1. The van der Waals surface area contributed by atoms with Gasteiger partial charge in [0.05, 0.1) is 5.52 Å². The highest BCUT2D eigenvalue weighted by molar-refractivity contribution is 6.35. The van der Waals surface area contributed by atoms with Gasteiger partial charge in [-0.1, -0.05) is 17.7 Å². The molecule has 1 N–H and O–H groups in total. The number of alkyl halides is 1. The summed E-state index contributed by atoms with van der Waals surface area (Å²) >= 11 is 5.87. The van der Waals surface area contributed by atoms with Crippen LogP contribution >= 0.6 is 11.6 Å². The van der Waals surface area contributed by atoms with Crippen LogP contribution in [0.2, 0.25) is 5.02 Å². The molecule has 15 heavy (non-hydrogen) atoms. The summed E-state index contributed by atoms with van der Waals surface area (Å²) in [7, 11) is 0. The van der Waals surface area contributed by atoms with Crippen LogP contribution in [0, 0.1) is 0 Å². The second kappa shape index (κ2) is 3.55. The van der Waals surface area contributed by atoms with Gasteiger partial charge in [-0.25, -0.2) is 9.18 Å². The van der Waals surface area contributed by atoms with Crippen molar-refractivity contribution in [3.8, 4) is 0 Å². The molecule has 0 bridgehead atoms. The van der Waals surface area contributed by atoms with E-state index in [0.29, 0.717) is 15.9 Å². The monoisotopic (exact) mass is 227 g/mol. The van der Waals surface area contributed by atoms with Crippen LogP contribution in [0.15, 0.2) is 30.5 Å². The molecule has 2 aromatic rings. The number of nitrogens with zero attached hydrogens (tertiary/aromatic N) is 1. The maximum absolute atomic E-state index is 13.3. The quantitative estimate of drug-likeness (QED) is 0.857. The maximum Gasteiger partial charge on any atom is 0.359 e. The van der Waals surface area contributed by atoms with Crippen molar-refractivity contribution >= 4 is 28.5 Å². The minimum atomic E-state index is -2.08. The molecule has 0 saturated carbocycles. The Labute approximate surface area is 89.7 Å². The Morgan fingerprint density at radius 3 is 2.87 bits per heavy atom. The fourth-order valence-corrected chi connectivity index (χ4v) is 1.70. The summed E-state index contributed by atoms with van der Waals surface area (Å²) in [6, 6.07) is 6.53. The summed E-state index contributed by atoms with van der Waals surface area (Å²) in [5, 5.41) is 9.67. The lowest BCUT2D eigenvalue weighted by atomic mass is 10.2. The molecule has 1 heterocycles. The standard InChI is InChI=1S/C10H7ClFNO2/c11-7-2-1-3-8-6(7)4-5-13(8)9(12)10(14)15/h1-5,9H,(H,14,15). The minimum absolute atomic E-state index is 0.470. The van der Waals surface area contributed by atoms with Crippen molar-refractivity contribution in [1.82, 2.24) is 4.57 Å². The number of halogens is 2. The zero-order chi connectivity index (χ0) is 11.0. The average molecular weight is 228 g/mol. The highest BCUT2D eigenvalue weighted by Crippen LogP contribution is 2.27. The van der Waals surface area contributed by atoms with Crippen LogP contribution in [0.4, 0.5) is 4.39 Å². The average Bonchev–Trinajstić information content (AvgIpc) is 2.61. The zero-order valence-electron chi connectivity index (χ0n) is 7.52. The molecule has 0 aliphatic rings. The van der Waals surface area contributed by atoms with Gasteiger partial charge in [-0.05, 0) is 18.2 Å². The lowest BCUT2D eigenvalue weighted by Gasteiger charge is -2.06. The number of carboxylic acids is 1. The normalized spacial score (nSPS) is 12.9. The van der Waals surface area contributed by atoms with Crippen molar-refractivity contribution in [3.63, 3.8) is 0 Å². The van der Waals surface area contributed by atoms with Crippen LogP contribution in [-0.4, -0.2) is 15.6 Å². The van der Waals surface area contributed by atoms with Gasteiger partial charge >= 0.3 is 5.97 Å². The second-order valence-corrected chi connectivity index (χ2v) is 3.48. The SMILES string of the molecule is O=C(O)C(F)n1ccc2c(Cl)cccc21. The third-order valence-electron chi connectivity index (χ3n) is 2.16. The number of carbonyl (C=O) groups is 1. The van der Waals surface area contributed by atoms with Crippen LogP contribution < -0.4 is 0 Å². The first-order valence-corrected chi connectivity index (χ1v) is 4.61. The molecule has 0 radical (unpaired) electrons. The summed E-state index contributed by atoms with van der Waals surface area (Å²) in [5.74, 6) is -1.52. The Morgan fingerprint density at radius 2 is 2.20 bits per heavy atom. The number of aromatic nitrogens is 1. The molecule has 3 nitrogen and oxygen atoms in total. The Hall–Kier alpha value is -1.55. The van der Waals surface area contributed by atoms with Crippen LogP contribution in [0.5, 0.6) is 0 Å². The molecule has 0 amide bonds. The van der Waals surface area contributed by atoms with Crippen molar-refractivity contribution < 1.29 is 14.3 Å². The summed E-state index contributed by atoms with van der Waals surface area (Å²) in [5.41, 5.74) is 0.470. The first-order valence-electron chi connectivity index (χ1n) is 4.23. The van der Waals surface area contributed by atoms with Crippen molar-refractivity contribution in [2.45, 2.75) is 6.30 Å². The van der Waals surface area contributed by atoms with E-state index >= 15 is 0 Å². The Balaban J connectivity index is 2.64. The van der Waals surface area contributed by atoms with Gasteiger partial charge < -0.3 is 9.67 Å². The highest BCUT2D eigenvalue weighted by Gasteiger charge is 2.19. The van der Waals surface area contributed by atoms with Crippen molar-refractivity contribution in [2.75, 3.05) is 0 Å². The third-order valence-corrected chi connectivity index (χ3v) is 2.49. The van der Waals surface area contributed by atoms with Gasteiger partial charge in [-0.15, -0.1) is 0 Å². The lowest BCUT2D eigenvalue weighted by Crippen LogP contribution is -2.12. The molecule has 0 aliphatic carbocycles. The first-order chi connectivity index (χ1) is 7.11. The number of fused-ring (bicyclic) bond motifs is 1. The van der Waals surface area contributed by atoms with E-state index < -0.39 is 12.3 Å². The van der Waals surface area contributed by atoms with Crippen LogP contribution in [0.3, 0.4) is 0 Å². The van der Waals surface area contributed by atoms with Crippen LogP contribution in [-0.2, 0) is 4.79 Å². The predicted octanol–water partition coefficient (Wildman–Crippen LogP) is 2.85. The minimum Gasteiger partial charge on any atom is -0.478 e. The van der Waals surface area contributed by atoms with E-state index in [9.17, 15) is 9.18 Å². The molecule has 0 fully saturated rings. The van der Waals surface area contributed by atoms with Gasteiger partial charge in [0.2, 0.25) is 0 Å². The van der Waals surface area contributed by atoms with E-state index in [1.165, 1.54) is 6.20 Å². The molecule has 0 aliphatic heterocycles. The molecule has 2 rings (SSSR count). The van der Waals surface area contributed by atoms with Gasteiger partial charge in [0.1, 0.15) is 0 Å². The molecule has 78 valence electrons. The molecule has 0 spiro atoms. The van der Waals surface area contributed by atoms with Gasteiger partial charge in [0, 0.05) is 16.6 Å². The summed E-state index contributed by atoms with van der Waals surface area (Å²) in [6.45, 7) is 0. The van der Waals surface area contributed by atoms with E-state index in [1.807, 2.05) is 0 Å². The molecular formula is C10H7ClFNO2. The summed E-state index contributed by atoms with van der Waals surface area (Å²) in [4.78, 5) is 10.5. The number of hydrogen-bond donors (Lipinski definition) is 1. The second-order valence-electron chi connectivity index (χ2n) is 3.07. The van der Waals surface area contributed by atoms with Crippen molar-refractivity contribution in [1.29, 1.82) is 0 Å². The zero-order valence-corrected chi connectivity index (χ0v) is 8.28. The van der Waals surface area contributed by atoms with Gasteiger partial charge in [0.15, 0.2) is 0 Å². The van der Waals surface area contributed by atoms with Crippen LogP contribution in [0.1, 0.15) is 6.30 Å². The molecule has 1 unspecified atom stereocenters. The number of benzene rings is 1. The van der Waals surface area contributed by atoms with E-state index in [-0.39, 0.29) is 0 Å². The van der Waals surface area contributed by atoms with Crippen molar-refractivity contribution in [3.05, 3.63) is 35.5 Å². The largest absolute Gasteiger partial charge is 0.478 e. The van der Waals surface area contributed by atoms with E-state index in [0.717, 1.165) is 4.57 Å². The summed E-state index contributed by atoms with van der Waals surface area (Å²) in [6.07, 6.45) is -0.712. The number of carboxylic acid groups (broad SMARTS) is 1. The molecular weight excluding hydrogens is 221 g/mol. The number of rotatable bonds is 2. The third kappa shape index (κ3) is 1.57. The van der Waals surface area contributed by atoms with Gasteiger partial charge in [0.25, 0.3) is 6.30 Å². The topological polar surface area (TPSA) is 42.2 Å².